The number of hydrogen-bond donors (Lipinski definition) is 0. The van der Waals surface area contributed by atoms with E-state index in [0.29, 0.717) is 24.2 Å². The van der Waals surface area contributed by atoms with Crippen molar-refractivity contribution in [2.75, 3.05) is 19.6 Å². The maximum atomic E-state index is 14.2. The molecule has 0 aromatic heterocycles. The van der Waals surface area contributed by atoms with E-state index in [1.807, 2.05) is 13.0 Å². The van der Waals surface area contributed by atoms with Crippen LogP contribution in [0.15, 0.2) is 24.3 Å². The van der Waals surface area contributed by atoms with E-state index >= 15 is 0 Å². The monoisotopic (exact) mass is 204 g/mol. The van der Waals surface area contributed by atoms with Crippen LogP contribution in [0.4, 0.5) is 4.39 Å². The van der Waals surface area contributed by atoms with Gasteiger partial charge in [0, 0.05) is 13.1 Å². The zero-order valence-corrected chi connectivity index (χ0v) is 8.70. The average molecular weight is 204 g/mol. The second kappa shape index (κ2) is 3.63. The van der Waals surface area contributed by atoms with Gasteiger partial charge in [-0.05, 0) is 24.2 Å². The van der Waals surface area contributed by atoms with Gasteiger partial charge in [-0.1, -0.05) is 19.1 Å². The summed E-state index contributed by atoms with van der Waals surface area (Å²) < 4.78 is 14.2. The van der Waals surface area contributed by atoms with Crippen LogP contribution in [0, 0.1) is 11.3 Å². The number of halogens is 1. The summed E-state index contributed by atoms with van der Waals surface area (Å²) in [6, 6.07) is 8.80. The van der Waals surface area contributed by atoms with Crippen LogP contribution in [0.3, 0.4) is 0 Å². The van der Waals surface area contributed by atoms with Gasteiger partial charge in [0.05, 0.1) is 11.6 Å². The number of likely N-dealkylation sites (N-methyl/N-ethyl adjacent to an activating group) is 1. The Kier molecular flexibility index (Phi) is 2.45. The number of likely N-dealkylation sites (tertiary alicyclic amines) is 1. The predicted molar refractivity (Wildman–Crippen MR) is 56.1 cm³/mol. The number of alkyl halides is 1. The van der Waals surface area contributed by atoms with Crippen molar-refractivity contribution in [3.63, 3.8) is 0 Å². The first-order valence-corrected chi connectivity index (χ1v) is 5.10. The Balaban J connectivity index is 2.14. The molecular weight excluding hydrogens is 191 g/mol. The standard InChI is InChI=1S/C12H13FN2/c1-2-15-8-12(13,9-15)11-5-3-10(7-14)4-6-11/h3-6H,2,8-9H2,1H3. The van der Waals surface area contributed by atoms with Gasteiger partial charge in [0.15, 0.2) is 5.67 Å². The summed E-state index contributed by atoms with van der Waals surface area (Å²) in [4.78, 5) is 2.05. The maximum Gasteiger partial charge on any atom is 0.161 e. The van der Waals surface area contributed by atoms with Gasteiger partial charge in [-0.15, -0.1) is 0 Å². The third-order valence-electron chi connectivity index (χ3n) is 2.93. The van der Waals surface area contributed by atoms with E-state index in [1.165, 1.54) is 0 Å². The average Bonchev–Trinajstić information content (AvgIpc) is 2.25. The molecule has 1 aliphatic heterocycles. The number of nitrogens with zero attached hydrogens (tertiary/aromatic N) is 2. The first kappa shape index (κ1) is 10.1. The lowest BCUT2D eigenvalue weighted by atomic mass is 9.87. The minimum atomic E-state index is -1.20. The Labute approximate surface area is 88.9 Å². The number of nitriles is 1. The van der Waals surface area contributed by atoms with E-state index in [0.717, 1.165) is 6.54 Å². The van der Waals surface area contributed by atoms with Crippen LogP contribution < -0.4 is 0 Å². The van der Waals surface area contributed by atoms with E-state index in [2.05, 4.69) is 4.90 Å². The van der Waals surface area contributed by atoms with Gasteiger partial charge >= 0.3 is 0 Å². The molecule has 1 aliphatic rings. The molecular formula is C12H13FN2. The van der Waals surface area contributed by atoms with E-state index in [1.54, 1.807) is 24.3 Å². The van der Waals surface area contributed by atoms with Gasteiger partial charge in [0.1, 0.15) is 0 Å². The molecule has 0 unspecified atom stereocenters. The van der Waals surface area contributed by atoms with Crippen molar-refractivity contribution in [3.05, 3.63) is 35.4 Å². The SMILES string of the molecule is CCN1CC(F)(c2ccc(C#N)cc2)C1. The Morgan fingerprint density at radius 3 is 2.47 bits per heavy atom. The van der Waals surface area contributed by atoms with Crippen LogP contribution >= 0.6 is 0 Å². The Morgan fingerprint density at radius 1 is 1.40 bits per heavy atom. The molecule has 0 spiro atoms. The zero-order chi connectivity index (χ0) is 10.9. The largest absolute Gasteiger partial charge is 0.296 e. The van der Waals surface area contributed by atoms with Crippen molar-refractivity contribution in [1.29, 1.82) is 5.26 Å². The van der Waals surface area contributed by atoms with Crippen LogP contribution in [0.25, 0.3) is 0 Å². The molecule has 0 atom stereocenters. The maximum absolute atomic E-state index is 14.2. The van der Waals surface area contributed by atoms with Crippen molar-refractivity contribution in [3.8, 4) is 6.07 Å². The van der Waals surface area contributed by atoms with Crippen molar-refractivity contribution in [2.45, 2.75) is 12.6 Å². The van der Waals surface area contributed by atoms with Crippen LogP contribution in [0.1, 0.15) is 18.1 Å². The molecule has 1 heterocycles. The molecule has 0 saturated carbocycles. The molecule has 1 fully saturated rings. The Hall–Kier alpha value is -1.40. The summed E-state index contributed by atoms with van der Waals surface area (Å²) >= 11 is 0. The quantitative estimate of drug-likeness (QED) is 0.737. The number of rotatable bonds is 2. The lowest BCUT2D eigenvalue weighted by molar-refractivity contribution is -0.0331. The third-order valence-corrected chi connectivity index (χ3v) is 2.93. The van der Waals surface area contributed by atoms with Gasteiger partial charge in [0.2, 0.25) is 0 Å². The predicted octanol–water partition coefficient (Wildman–Crippen LogP) is 2.06. The summed E-state index contributed by atoms with van der Waals surface area (Å²) in [5, 5.41) is 8.63. The van der Waals surface area contributed by atoms with Crippen LogP contribution in [-0.4, -0.2) is 24.5 Å². The fourth-order valence-electron chi connectivity index (χ4n) is 1.91. The highest BCUT2D eigenvalue weighted by molar-refractivity contribution is 5.35. The minimum absolute atomic E-state index is 0.468. The Morgan fingerprint density at radius 2 is 2.00 bits per heavy atom. The zero-order valence-electron chi connectivity index (χ0n) is 8.70. The summed E-state index contributed by atoms with van der Waals surface area (Å²) in [6.07, 6.45) is 0. The summed E-state index contributed by atoms with van der Waals surface area (Å²) in [6.45, 7) is 3.85. The van der Waals surface area contributed by atoms with E-state index in [9.17, 15) is 4.39 Å². The highest BCUT2D eigenvalue weighted by Gasteiger charge is 2.43. The first-order valence-electron chi connectivity index (χ1n) is 5.10. The van der Waals surface area contributed by atoms with Crippen molar-refractivity contribution in [2.24, 2.45) is 0 Å². The molecule has 1 saturated heterocycles. The molecule has 1 aromatic rings. The van der Waals surface area contributed by atoms with Gasteiger partial charge in [-0.25, -0.2) is 4.39 Å². The smallest absolute Gasteiger partial charge is 0.161 e. The molecule has 1 aromatic carbocycles. The van der Waals surface area contributed by atoms with Crippen LogP contribution in [-0.2, 0) is 5.67 Å². The topological polar surface area (TPSA) is 27.0 Å². The highest BCUT2D eigenvalue weighted by Crippen LogP contribution is 2.35. The van der Waals surface area contributed by atoms with Crippen molar-refractivity contribution >= 4 is 0 Å². The molecule has 0 bridgehead atoms. The highest BCUT2D eigenvalue weighted by atomic mass is 19.1. The van der Waals surface area contributed by atoms with Crippen LogP contribution in [0.5, 0.6) is 0 Å². The van der Waals surface area contributed by atoms with Crippen molar-refractivity contribution < 1.29 is 4.39 Å². The van der Waals surface area contributed by atoms with E-state index in [-0.39, 0.29) is 0 Å². The molecule has 78 valence electrons. The summed E-state index contributed by atoms with van der Waals surface area (Å²) in [7, 11) is 0. The van der Waals surface area contributed by atoms with Crippen molar-refractivity contribution in [1.82, 2.24) is 4.90 Å². The number of hydrogen-bond acceptors (Lipinski definition) is 2. The normalized spacial score (nSPS) is 19.3. The van der Waals surface area contributed by atoms with Gasteiger partial charge in [-0.3, -0.25) is 4.90 Å². The molecule has 3 heteroatoms. The van der Waals surface area contributed by atoms with Gasteiger partial charge < -0.3 is 0 Å². The second-order valence-electron chi connectivity index (χ2n) is 3.96. The molecule has 0 radical (unpaired) electrons. The lowest BCUT2D eigenvalue weighted by Crippen LogP contribution is -2.56. The van der Waals surface area contributed by atoms with E-state index in [4.69, 9.17) is 5.26 Å². The molecule has 0 N–H and O–H groups in total. The lowest BCUT2D eigenvalue weighted by Gasteiger charge is -2.44. The summed E-state index contributed by atoms with van der Waals surface area (Å²) in [5.41, 5.74) is 0.0597. The molecule has 15 heavy (non-hydrogen) atoms. The summed E-state index contributed by atoms with van der Waals surface area (Å²) in [5.74, 6) is 0. The molecule has 2 nitrogen and oxygen atoms in total. The molecule has 2 rings (SSSR count). The molecule has 0 amide bonds. The van der Waals surface area contributed by atoms with Crippen LogP contribution in [0.2, 0.25) is 0 Å². The first-order chi connectivity index (χ1) is 7.18. The minimum Gasteiger partial charge on any atom is -0.296 e. The second-order valence-corrected chi connectivity index (χ2v) is 3.96. The van der Waals surface area contributed by atoms with E-state index < -0.39 is 5.67 Å². The Bertz CT molecular complexity index is 385. The fraction of sp³-hybridized carbons (Fsp3) is 0.417. The fourth-order valence-corrected chi connectivity index (χ4v) is 1.91. The third kappa shape index (κ3) is 1.73. The van der Waals surface area contributed by atoms with Gasteiger partial charge in [-0.2, -0.15) is 5.26 Å². The van der Waals surface area contributed by atoms with Gasteiger partial charge in [0.25, 0.3) is 0 Å². The molecule has 0 aliphatic carbocycles. The number of benzene rings is 1.